The van der Waals surface area contributed by atoms with Crippen LogP contribution in [0, 0.1) is 0 Å². The molecule has 11 N–H and O–H groups in total. The number of nitrogens with two attached hydrogens (primary N) is 2. The Balaban J connectivity index is -0.000000506. The molecule has 0 saturated heterocycles. The Hall–Kier alpha value is -5.31. The van der Waals surface area contributed by atoms with Gasteiger partial charge in [0.15, 0.2) is 39.6 Å². The molecule has 0 aliphatic carbocycles. The van der Waals surface area contributed by atoms with E-state index in [-0.39, 0.29) is 116 Å². The van der Waals surface area contributed by atoms with Crippen LogP contribution in [0.25, 0.3) is 0 Å². The van der Waals surface area contributed by atoms with Crippen LogP contribution in [0.2, 0.25) is 0 Å². The Morgan fingerprint density at radius 2 is 0.759 bits per heavy atom. The monoisotopic (exact) mass is 802 g/mol. The molecule has 0 atom stereocenters. The van der Waals surface area contributed by atoms with E-state index >= 15 is 0 Å². The molecule has 0 fully saturated rings. The van der Waals surface area contributed by atoms with Crippen molar-refractivity contribution < 1.29 is 138 Å². The SMILES string of the molecule is C.C=O.CNC(=O)OCc1ccc(COC(=O)NCNC(=O)OCc2ccc(COC(=O)NC)o2)o1.NC(=O)OCc1ccc(COC(N)=O)o1.O.[K+].[OH-]. The van der Waals surface area contributed by atoms with E-state index in [0.717, 1.165) is 0 Å². The second kappa shape index (κ2) is 32.3. The van der Waals surface area contributed by atoms with E-state index in [2.05, 4.69) is 30.7 Å². The second-order valence-electron chi connectivity index (χ2n) is 8.65. The van der Waals surface area contributed by atoms with Crippen LogP contribution < -0.4 is 84.1 Å². The van der Waals surface area contributed by atoms with Gasteiger partial charge in [-0.15, -0.1) is 0 Å². The van der Waals surface area contributed by atoms with Gasteiger partial charge in [-0.2, -0.15) is 0 Å². The summed E-state index contributed by atoms with van der Waals surface area (Å²) in [6, 6.07) is 9.43. The average molecular weight is 803 g/mol. The third-order valence-corrected chi connectivity index (χ3v) is 5.12. The van der Waals surface area contributed by atoms with E-state index in [1.807, 2.05) is 6.79 Å². The number of alkyl carbamates (subject to hydrolysis) is 4. The summed E-state index contributed by atoms with van der Waals surface area (Å²) in [5.74, 6) is 2.24. The number of amides is 6. The first-order valence-corrected chi connectivity index (χ1v) is 13.8. The second-order valence-corrected chi connectivity index (χ2v) is 8.65. The molecule has 0 aromatic carbocycles. The number of hydrogen-bond acceptors (Lipinski definition) is 17. The van der Waals surface area contributed by atoms with Crippen LogP contribution in [0.5, 0.6) is 0 Å². The number of carbonyl (C=O) groups is 7. The zero-order chi connectivity index (χ0) is 37.3. The Morgan fingerprint density at radius 1 is 0.537 bits per heavy atom. The van der Waals surface area contributed by atoms with Crippen LogP contribution in [0.1, 0.15) is 42.0 Å². The molecule has 54 heavy (non-hydrogen) atoms. The summed E-state index contributed by atoms with van der Waals surface area (Å²) in [6.07, 6.45) is -4.59. The van der Waals surface area contributed by atoms with Crippen LogP contribution in [0.3, 0.4) is 0 Å². The Morgan fingerprint density at radius 3 is 0.981 bits per heavy atom. The Bertz CT molecular complexity index is 1420. The topological polar surface area (TPSA) is 376 Å². The molecule has 24 nitrogen and oxygen atoms in total. The van der Waals surface area contributed by atoms with Gasteiger partial charge >= 0.3 is 87.9 Å². The van der Waals surface area contributed by atoms with Gasteiger partial charge in [-0.25, -0.2) is 28.8 Å². The number of rotatable bonds is 14. The molecule has 0 aliphatic heterocycles. The van der Waals surface area contributed by atoms with Gasteiger partial charge in [0.25, 0.3) is 0 Å². The average Bonchev–Trinajstić information content (AvgIpc) is 3.88. The van der Waals surface area contributed by atoms with Gasteiger partial charge in [-0.3, -0.25) is 0 Å². The first-order valence-electron chi connectivity index (χ1n) is 13.8. The van der Waals surface area contributed by atoms with Gasteiger partial charge in [0.1, 0.15) is 41.4 Å². The minimum absolute atomic E-state index is 0. The standard InChI is InChI=1S/C19H24N4O10.C8H10N2O5.CH2O.CH4.K.2H2O/c1-20-16(24)28-7-12-3-5-14(32-12)9-30-18(26)22-11-23-19(27)31-10-15-6-4-13(33-15)8-29-17(25)21-2;9-7(11)13-3-5-1-2-6(15-5)4-14-8(10)12;1-2;;;;/h3-6H,7-11H2,1-2H3,(H,20,24)(H,21,25)(H,22,26)(H,23,27);1-2H,3-4H2,(H2,9,11)(H2,10,12);1H2;1H4;;2*1H2/q;;;;+1;;/p-1. The quantitative estimate of drug-likeness (QED) is 0.0621. The molecule has 0 bridgehead atoms. The van der Waals surface area contributed by atoms with E-state index in [9.17, 15) is 28.8 Å². The number of hydrogen-bond donors (Lipinski definition) is 6. The summed E-state index contributed by atoms with van der Waals surface area (Å²) in [6.45, 7) is 1.16. The van der Waals surface area contributed by atoms with Crippen LogP contribution in [0.4, 0.5) is 28.8 Å². The number of ether oxygens (including phenoxy) is 6. The molecule has 3 aromatic rings. The van der Waals surface area contributed by atoms with Crippen molar-refractivity contribution in [2.45, 2.75) is 47.1 Å². The fourth-order valence-electron chi connectivity index (χ4n) is 3.00. The molecule has 0 radical (unpaired) electrons. The summed E-state index contributed by atoms with van der Waals surface area (Å²) in [5, 5.41) is 9.20. The summed E-state index contributed by atoms with van der Waals surface area (Å²) < 4.78 is 44.3. The van der Waals surface area contributed by atoms with Gasteiger partial charge in [0.05, 0.1) is 6.67 Å². The van der Waals surface area contributed by atoms with Crippen LogP contribution in [0.15, 0.2) is 49.6 Å². The van der Waals surface area contributed by atoms with E-state index < -0.39 is 36.6 Å². The third kappa shape index (κ3) is 25.6. The van der Waals surface area contributed by atoms with E-state index in [1.54, 1.807) is 36.4 Å². The summed E-state index contributed by atoms with van der Waals surface area (Å²) in [5.41, 5.74) is 9.51. The number of carbonyl (C=O) groups excluding carboxylic acids is 7. The van der Waals surface area contributed by atoms with Crippen molar-refractivity contribution in [3.05, 3.63) is 71.0 Å². The number of furan rings is 3. The Labute approximate surface area is 350 Å². The van der Waals surface area contributed by atoms with Crippen molar-refractivity contribution in [3.8, 4) is 0 Å². The molecule has 0 aliphatic rings. The number of nitrogens with one attached hydrogen (secondary N) is 4. The van der Waals surface area contributed by atoms with Gasteiger partial charge in [0.2, 0.25) is 0 Å². The van der Waals surface area contributed by atoms with Crippen molar-refractivity contribution in [2.24, 2.45) is 11.5 Å². The van der Waals surface area contributed by atoms with Crippen molar-refractivity contribution in [1.82, 2.24) is 21.3 Å². The minimum Gasteiger partial charge on any atom is -0.870 e. The van der Waals surface area contributed by atoms with Crippen molar-refractivity contribution in [2.75, 3.05) is 20.8 Å². The first-order chi connectivity index (χ1) is 24.0. The maximum absolute atomic E-state index is 11.7. The molecule has 25 heteroatoms. The largest absolute Gasteiger partial charge is 1.00 e. The van der Waals surface area contributed by atoms with Crippen molar-refractivity contribution >= 4 is 43.3 Å². The summed E-state index contributed by atoms with van der Waals surface area (Å²) >= 11 is 0. The molecule has 298 valence electrons. The smallest absolute Gasteiger partial charge is 0.870 e. The third-order valence-electron chi connectivity index (χ3n) is 5.12. The van der Waals surface area contributed by atoms with Crippen LogP contribution in [-0.2, 0) is 72.9 Å². The zero-order valence-electron chi connectivity index (χ0n) is 28.8. The van der Waals surface area contributed by atoms with E-state index in [1.165, 1.54) is 14.1 Å². The molecule has 0 unspecified atom stereocenters. The van der Waals surface area contributed by atoms with Crippen molar-refractivity contribution in [3.63, 3.8) is 0 Å². The molecule has 3 heterocycles. The predicted octanol–water partition coefficient (Wildman–Crippen LogP) is -1.38. The van der Waals surface area contributed by atoms with Crippen molar-refractivity contribution in [1.29, 1.82) is 0 Å². The van der Waals surface area contributed by atoms with Crippen LogP contribution >= 0.6 is 0 Å². The summed E-state index contributed by atoms with van der Waals surface area (Å²) in [4.78, 5) is 73.9. The first kappa shape index (κ1) is 55.4. The normalized spacial score (nSPS) is 8.85. The zero-order valence-corrected chi connectivity index (χ0v) is 31.9. The fourth-order valence-corrected chi connectivity index (χ4v) is 3.00. The molecule has 3 rings (SSSR count). The maximum atomic E-state index is 11.7. The molecule has 0 saturated carbocycles. The van der Waals surface area contributed by atoms with Crippen LogP contribution in [-0.4, -0.2) is 75.1 Å². The Kier molecular flexibility index (Phi) is 33.2. The van der Waals surface area contributed by atoms with Gasteiger partial charge in [-0.1, -0.05) is 7.43 Å². The molecular formula is C29H43KN6O18. The van der Waals surface area contributed by atoms with Gasteiger partial charge < -0.3 is 90.2 Å². The van der Waals surface area contributed by atoms with E-state index in [4.69, 9.17) is 48.5 Å². The van der Waals surface area contributed by atoms with Gasteiger partial charge in [0, 0.05) is 14.1 Å². The maximum Gasteiger partial charge on any atom is 1.00 e. The molecule has 6 amide bonds. The number of primary amides is 2. The fraction of sp³-hybridized carbons (Fsp3) is 0.345. The molecule has 3 aromatic heterocycles. The molecule has 0 spiro atoms. The molecular weight excluding hydrogens is 759 g/mol. The predicted molar refractivity (Wildman–Crippen MR) is 174 cm³/mol. The van der Waals surface area contributed by atoms with E-state index in [0.29, 0.717) is 34.6 Å². The summed E-state index contributed by atoms with van der Waals surface area (Å²) in [7, 11) is 2.86. The minimum atomic E-state index is -0.888. The van der Waals surface area contributed by atoms with Gasteiger partial charge in [-0.05, 0) is 36.4 Å².